The third kappa shape index (κ3) is 4.66. The molecule has 1 N–H and O–H groups in total. The Morgan fingerprint density at radius 2 is 2.07 bits per heavy atom. The van der Waals surface area contributed by atoms with Crippen molar-refractivity contribution in [1.29, 1.82) is 0 Å². The molecule has 30 heavy (non-hydrogen) atoms. The van der Waals surface area contributed by atoms with E-state index in [-0.39, 0.29) is 34.8 Å². The minimum atomic E-state index is -0.978. The molecular formula is C21H20ClF2N3O3. The second-order valence-electron chi connectivity index (χ2n) is 6.75. The number of ether oxygens (including phenoxy) is 2. The summed E-state index contributed by atoms with van der Waals surface area (Å²) in [5.41, 5.74) is 0.783. The first-order chi connectivity index (χ1) is 14.3. The Bertz CT molecular complexity index is 1020. The molecule has 0 bridgehead atoms. The summed E-state index contributed by atoms with van der Waals surface area (Å²) < 4.78 is 38.6. The number of aromatic nitrogens is 1. The molecule has 1 unspecified atom stereocenters. The maximum Gasteiger partial charge on any atom is 0.338 e. The molecule has 1 aromatic carbocycles. The molecule has 0 aliphatic carbocycles. The maximum atomic E-state index is 14.4. The van der Waals surface area contributed by atoms with Crippen LogP contribution in [0.3, 0.4) is 0 Å². The quantitative estimate of drug-likeness (QED) is 0.695. The highest BCUT2D eigenvalue weighted by Gasteiger charge is 2.34. The molecule has 1 aliphatic rings. The van der Waals surface area contributed by atoms with Gasteiger partial charge in [0, 0.05) is 16.8 Å². The van der Waals surface area contributed by atoms with E-state index in [9.17, 15) is 13.6 Å². The third-order valence-corrected chi connectivity index (χ3v) is 4.66. The van der Waals surface area contributed by atoms with Crippen LogP contribution >= 0.6 is 11.6 Å². The standard InChI is InChI=1S/C21H20ClF2N3O3/c1-11(2)30-10-16-17(21(28)29-3)18(13-7-6-12(23)9-14(13)22)27-20(26-16)19-15(24)5-4-8-25-19/h4-9,11,18H,10H2,1-3H3,(H,26,27). The molecule has 1 aliphatic heterocycles. The number of carbonyl (C=O) groups excluding carboxylic acids is 1. The van der Waals surface area contributed by atoms with Gasteiger partial charge in [-0.2, -0.15) is 0 Å². The predicted octanol–water partition coefficient (Wildman–Crippen LogP) is 3.96. The van der Waals surface area contributed by atoms with Crippen molar-refractivity contribution >= 4 is 23.4 Å². The molecule has 2 heterocycles. The minimum absolute atomic E-state index is 0.00485. The molecule has 0 spiro atoms. The molecule has 0 radical (unpaired) electrons. The number of rotatable bonds is 6. The highest BCUT2D eigenvalue weighted by Crippen LogP contribution is 2.36. The second kappa shape index (κ2) is 9.32. The monoisotopic (exact) mass is 435 g/mol. The van der Waals surface area contributed by atoms with E-state index in [4.69, 9.17) is 21.1 Å². The first-order valence-corrected chi connectivity index (χ1v) is 9.53. The van der Waals surface area contributed by atoms with Gasteiger partial charge in [0.05, 0.1) is 31.1 Å². The van der Waals surface area contributed by atoms with Gasteiger partial charge in [0.25, 0.3) is 0 Å². The van der Waals surface area contributed by atoms with Crippen LogP contribution in [0.2, 0.25) is 5.02 Å². The number of carbonyl (C=O) groups is 1. The first kappa shape index (κ1) is 21.9. The molecule has 0 fully saturated rings. The van der Waals surface area contributed by atoms with Crippen LogP contribution in [0.1, 0.15) is 31.1 Å². The summed E-state index contributed by atoms with van der Waals surface area (Å²) in [6, 6.07) is 5.47. The van der Waals surface area contributed by atoms with Crippen molar-refractivity contribution in [3.63, 3.8) is 0 Å². The number of methoxy groups -OCH3 is 1. The van der Waals surface area contributed by atoms with Gasteiger partial charge < -0.3 is 14.8 Å². The molecule has 158 valence electrons. The van der Waals surface area contributed by atoms with E-state index < -0.39 is 23.6 Å². The van der Waals surface area contributed by atoms with Crippen LogP contribution in [0.25, 0.3) is 0 Å². The molecule has 0 amide bonds. The lowest BCUT2D eigenvalue weighted by molar-refractivity contribution is -0.136. The Morgan fingerprint density at radius 1 is 1.30 bits per heavy atom. The number of esters is 1. The van der Waals surface area contributed by atoms with Crippen LogP contribution in [0, 0.1) is 11.6 Å². The Balaban J connectivity index is 2.19. The molecule has 3 rings (SSSR count). The van der Waals surface area contributed by atoms with Gasteiger partial charge in [0.2, 0.25) is 0 Å². The van der Waals surface area contributed by atoms with Gasteiger partial charge in [0.15, 0.2) is 11.7 Å². The largest absolute Gasteiger partial charge is 0.466 e. The fraction of sp³-hybridized carbons (Fsp3) is 0.286. The Kier molecular flexibility index (Phi) is 6.79. The lowest BCUT2D eigenvalue weighted by Crippen LogP contribution is -2.37. The highest BCUT2D eigenvalue weighted by atomic mass is 35.5. The van der Waals surface area contributed by atoms with Gasteiger partial charge in [-0.3, -0.25) is 4.99 Å². The average molecular weight is 436 g/mol. The highest BCUT2D eigenvalue weighted by molar-refractivity contribution is 6.31. The van der Waals surface area contributed by atoms with Crippen molar-refractivity contribution in [2.45, 2.75) is 26.0 Å². The molecular weight excluding hydrogens is 416 g/mol. The summed E-state index contributed by atoms with van der Waals surface area (Å²) in [7, 11) is 1.23. The zero-order valence-corrected chi connectivity index (χ0v) is 17.3. The number of hydrogen-bond donors (Lipinski definition) is 1. The average Bonchev–Trinajstić information content (AvgIpc) is 2.71. The molecule has 2 aromatic rings. The van der Waals surface area contributed by atoms with Gasteiger partial charge >= 0.3 is 5.97 Å². The van der Waals surface area contributed by atoms with Gasteiger partial charge in [-0.05, 0) is 38.1 Å². The van der Waals surface area contributed by atoms with Crippen molar-refractivity contribution in [1.82, 2.24) is 10.3 Å². The van der Waals surface area contributed by atoms with E-state index in [2.05, 4.69) is 15.3 Å². The number of nitrogens with zero attached hydrogens (tertiary/aromatic N) is 2. The summed E-state index contributed by atoms with van der Waals surface area (Å²) in [5, 5.41) is 3.01. The Labute approximate surface area is 177 Å². The number of halogens is 3. The molecule has 1 atom stereocenters. The number of benzene rings is 1. The van der Waals surface area contributed by atoms with E-state index >= 15 is 0 Å². The molecule has 0 saturated heterocycles. The van der Waals surface area contributed by atoms with Crippen LogP contribution in [-0.4, -0.2) is 36.6 Å². The summed E-state index contributed by atoms with van der Waals surface area (Å²) in [6.45, 7) is 3.68. The maximum absolute atomic E-state index is 14.4. The normalized spacial score (nSPS) is 16.4. The Morgan fingerprint density at radius 3 is 2.70 bits per heavy atom. The lowest BCUT2D eigenvalue weighted by atomic mass is 9.95. The topological polar surface area (TPSA) is 72.8 Å². The van der Waals surface area contributed by atoms with E-state index in [0.717, 1.165) is 6.07 Å². The number of pyridine rings is 1. The number of aliphatic imine (C=N–C) groups is 1. The summed E-state index contributed by atoms with van der Waals surface area (Å²) in [6.07, 6.45) is 1.28. The number of nitrogens with one attached hydrogen (secondary N) is 1. The van der Waals surface area contributed by atoms with Gasteiger partial charge in [-0.1, -0.05) is 17.7 Å². The minimum Gasteiger partial charge on any atom is -0.466 e. The first-order valence-electron chi connectivity index (χ1n) is 9.15. The zero-order chi connectivity index (χ0) is 21.8. The fourth-order valence-corrected chi connectivity index (χ4v) is 3.21. The molecule has 1 aromatic heterocycles. The molecule has 6 nitrogen and oxygen atoms in total. The van der Waals surface area contributed by atoms with E-state index in [1.165, 1.54) is 37.6 Å². The number of amidine groups is 1. The summed E-state index contributed by atoms with van der Waals surface area (Å²) in [5.74, 6) is -1.71. The zero-order valence-electron chi connectivity index (χ0n) is 16.6. The van der Waals surface area contributed by atoms with Gasteiger partial charge in [0.1, 0.15) is 17.6 Å². The molecule has 9 heteroatoms. The van der Waals surface area contributed by atoms with Crippen molar-refractivity contribution in [2.24, 2.45) is 4.99 Å². The van der Waals surface area contributed by atoms with Crippen LogP contribution in [0.15, 0.2) is 52.8 Å². The van der Waals surface area contributed by atoms with Crippen molar-refractivity contribution in [3.05, 3.63) is 75.7 Å². The van der Waals surface area contributed by atoms with Gasteiger partial charge in [-0.25, -0.2) is 18.6 Å². The predicted molar refractivity (Wildman–Crippen MR) is 108 cm³/mol. The lowest BCUT2D eigenvalue weighted by Gasteiger charge is -2.28. The van der Waals surface area contributed by atoms with Crippen molar-refractivity contribution in [2.75, 3.05) is 13.7 Å². The van der Waals surface area contributed by atoms with Crippen LogP contribution in [0.4, 0.5) is 8.78 Å². The second-order valence-corrected chi connectivity index (χ2v) is 7.16. The van der Waals surface area contributed by atoms with Crippen LogP contribution in [0.5, 0.6) is 0 Å². The van der Waals surface area contributed by atoms with Crippen LogP contribution in [-0.2, 0) is 14.3 Å². The fourth-order valence-electron chi connectivity index (χ4n) is 2.94. The molecule has 0 saturated carbocycles. The SMILES string of the molecule is COC(=O)C1=C(COC(C)C)NC(c2ncccc2F)=NC1c1ccc(F)cc1Cl. The number of hydrogen-bond acceptors (Lipinski definition) is 6. The van der Waals surface area contributed by atoms with Crippen LogP contribution < -0.4 is 5.32 Å². The summed E-state index contributed by atoms with van der Waals surface area (Å²) in [4.78, 5) is 21.2. The van der Waals surface area contributed by atoms with E-state index in [0.29, 0.717) is 11.3 Å². The van der Waals surface area contributed by atoms with Crippen molar-refractivity contribution < 1.29 is 23.0 Å². The van der Waals surface area contributed by atoms with E-state index in [1.54, 1.807) is 0 Å². The van der Waals surface area contributed by atoms with Gasteiger partial charge in [-0.15, -0.1) is 0 Å². The summed E-state index contributed by atoms with van der Waals surface area (Å²) >= 11 is 6.25. The smallest absolute Gasteiger partial charge is 0.338 e. The Hall–Kier alpha value is -2.84. The van der Waals surface area contributed by atoms with E-state index in [1.807, 2.05) is 13.8 Å². The van der Waals surface area contributed by atoms with Crippen molar-refractivity contribution in [3.8, 4) is 0 Å². The third-order valence-electron chi connectivity index (χ3n) is 4.33.